The van der Waals surface area contributed by atoms with E-state index < -0.39 is 14.8 Å². The third kappa shape index (κ3) is 2.73. The third-order valence-corrected chi connectivity index (χ3v) is 16.4. The summed E-state index contributed by atoms with van der Waals surface area (Å²) in [4.78, 5) is 1.65. The van der Waals surface area contributed by atoms with Crippen LogP contribution in [0, 0.1) is 0 Å². The quantitative estimate of drug-likeness (QED) is 0.415. The molecule has 20 heavy (non-hydrogen) atoms. The van der Waals surface area contributed by atoms with Gasteiger partial charge in [0.1, 0.15) is 0 Å². The second kappa shape index (κ2) is 5.47. The van der Waals surface area contributed by atoms with E-state index in [1.165, 1.54) is 44.9 Å². The smallest absolute Gasteiger partial charge is 0.141 e. The van der Waals surface area contributed by atoms with Crippen LogP contribution in [0.5, 0.6) is 0 Å². The molecule has 0 aromatic heterocycles. The van der Waals surface area contributed by atoms with E-state index in [2.05, 4.69) is 19.6 Å². The van der Waals surface area contributed by atoms with E-state index >= 15 is 0 Å². The molecule has 5 heteroatoms. The van der Waals surface area contributed by atoms with Crippen LogP contribution in [0.3, 0.4) is 0 Å². The first kappa shape index (κ1) is 15.7. The molecule has 0 unspecified atom stereocenters. The summed E-state index contributed by atoms with van der Waals surface area (Å²) in [6.45, 7) is 6.12. The second-order valence-electron chi connectivity index (χ2n) is 8.26. The molecule has 3 aliphatic rings. The summed E-state index contributed by atoms with van der Waals surface area (Å²) in [6, 6.07) is 1.10. The van der Waals surface area contributed by atoms with Gasteiger partial charge in [0, 0.05) is 0 Å². The lowest BCUT2D eigenvalue weighted by Crippen LogP contribution is -2.42. The van der Waals surface area contributed by atoms with Crippen LogP contribution in [0.4, 0.5) is 0 Å². The molecule has 2 fully saturated rings. The lowest BCUT2D eigenvalue weighted by Gasteiger charge is -2.43. The fourth-order valence-corrected chi connectivity index (χ4v) is 19.4. The third-order valence-electron chi connectivity index (χ3n) is 5.86. The molecule has 0 radical (unpaired) electrons. The average Bonchev–Trinajstić information content (AvgIpc) is 2.63. The fourth-order valence-electron chi connectivity index (χ4n) is 5.39. The number of hydrogen-bond acceptors (Lipinski definition) is 0. The van der Waals surface area contributed by atoms with Gasteiger partial charge in [-0.15, -0.1) is 27.6 Å². The maximum absolute atomic E-state index is 6.87. The van der Waals surface area contributed by atoms with Crippen molar-refractivity contribution in [2.24, 2.45) is 0 Å². The normalized spacial score (nSPS) is 33.8. The van der Waals surface area contributed by atoms with Crippen molar-refractivity contribution >= 4 is 43.6 Å². The Bertz CT molecular complexity index is 406. The zero-order valence-corrected chi connectivity index (χ0v) is 16.7. The van der Waals surface area contributed by atoms with Crippen molar-refractivity contribution in [2.45, 2.75) is 82.3 Å². The summed E-state index contributed by atoms with van der Waals surface area (Å²) in [5, 5.41) is 0. The summed E-state index contributed by atoms with van der Waals surface area (Å²) in [5.41, 5.74) is 1.79. The number of hydrogen-bond donors (Lipinski definition) is 0. The number of fused-ring (bicyclic) bond motifs is 2. The standard InChI is InChI=1S/C15H27BCl2Si2/c1-19(2,3)15-14(10-11-20(15,17)18)16-12-6-4-7-13(16)9-5-8-12/h12-13H,4-11H2,1-3H3. The Morgan fingerprint density at radius 3 is 1.95 bits per heavy atom. The van der Waals surface area contributed by atoms with Gasteiger partial charge in [-0.3, -0.25) is 0 Å². The topological polar surface area (TPSA) is 0 Å². The maximum atomic E-state index is 6.87. The maximum Gasteiger partial charge on any atom is 0.272 e. The van der Waals surface area contributed by atoms with Crippen LogP contribution < -0.4 is 0 Å². The van der Waals surface area contributed by atoms with Crippen LogP contribution in [-0.2, 0) is 0 Å². The molecule has 3 rings (SSSR count). The monoisotopic (exact) mass is 344 g/mol. The predicted octanol–water partition coefficient (Wildman–Crippen LogP) is 6.17. The lowest BCUT2D eigenvalue weighted by atomic mass is 9.24. The molecule has 0 atom stereocenters. The molecule has 0 nitrogen and oxygen atoms in total. The van der Waals surface area contributed by atoms with Gasteiger partial charge < -0.3 is 0 Å². The first-order valence-electron chi connectivity index (χ1n) is 8.42. The van der Waals surface area contributed by atoms with Gasteiger partial charge in [0.05, 0.1) is 8.07 Å². The molecule has 0 aromatic rings. The Morgan fingerprint density at radius 2 is 1.50 bits per heavy atom. The van der Waals surface area contributed by atoms with E-state index in [-0.39, 0.29) is 0 Å². The van der Waals surface area contributed by atoms with Crippen LogP contribution in [0.15, 0.2) is 10.3 Å². The number of halogens is 2. The Kier molecular flexibility index (Phi) is 4.30. The summed E-state index contributed by atoms with van der Waals surface area (Å²) < 4.78 is 0. The molecular formula is C15H27BCl2Si2. The van der Waals surface area contributed by atoms with Crippen LogP contribution >= 0.6 is 22.2 Å². The van der Waals surface area contributed by atoms with E-state index in [0.29, 0.717) is 0 Å². The van der Waals surface area contributed by atoms with Gasteiger partial charge in [-0.05, 0) is 12.5 Å². The zero-order chi connectivity index (χ0) is 14.5. The second-order valence-corrected chi connectivity index (χ2v) is 20.6. The number of allylic oxidation sites excluding steroid dienone is 1. The molecule has 3 heterocycles. The summed E-state index contributed by atoms with van der Waals surface area (Å²) in [6.07, 6.45) is 10.0. The van der Waals surface area contributed by atoms with Crippen molar-refractivity contribution in [1.82, 2.24) is 0 Å². The minimum absolute atomic E-state index is 0.867. The van der Waals surface area contributed by atoms with Crippen molar-refractivity contribution in [2.75, 3.05) is 0 Å². The first-order chi connectivity index (χ1) is 9.31. The van der Waals surface area contributed by atoms with E-state index in [9.17, 15) is 0 Å². The van der Waals surface area contributed by atoms with Gasteiger partial charge >= 0.3 is 0 Å². The van der Waals surface area contributed by atoms with Gasteiger partial charge in [-0.1, -0.05) is 74.6 Å². The minimum atomic E-state index is -2.11. The van der Waals surface area contributed by atoms with Crippen LogP contribution in [0.2, 0.25) is 37.3 Å². The molecule has 0 amide bonds. The molecular weight excluding hydrogens is 318 g/mol. The molecule has 0 spiro atoms. The molecule has 2 saturated heterocycles. The Hall–Kier alpha value is 0.819. The van der Waals surface area contributed by atoms with Crippen LogP contribution in [-0.4, -0.2) is 21.5 Å². The van der Waals surface area contributed by atoms with Crippen LogP contribution in [0.1, 0.15) is 44.9 Å². The molecule has 0 saturated carbocycles. The molecule has 2 bridgehead atoms. The average molecular weight is 345 g/mol. The fraction of sp³-hybridized carbons (Fsp3) is 0.867. The van der Waals surface area contributed by atoms with Gasteiger partial charge in [-0.2, -0.15) is 0 Å². The van der Waals surface area contributed by atoms with Gasteiger partial charge in [-0.25, -0.2) is 0 Å². The summed E-state index contributed by atoms with van der Waals surface area (Å²) >= 11 is 13.7. The SMILES string of the molecule is C[Si](C)(C)C1=C(B2C3CCCC2CCC3)CC[Si]1(Cl)Cl. The molecule has 0 N–H and O–H groups in total. The molecule has 112 valence electrons. The largest absolute Gasteiger partial charge is 0.272 e. The van der Waals surface area contributed by atoms with Crippen molar-refractivity contribution < 1.29 is 0 Å². The molecule has 3 aliphatic heterocycles. The predicted molar refractivity (Wildman–Crippen MR) is 98.2 cm³/mol. The van der Waals surface area contributed by atoms with Crippen molar-refractivity contribution in [3.8, 4) is 0 Å². The summed E-state index contributed by atoms with van der Waals surface area (Å²) in [5.74, 6) is 1.92. The van der Waals surface area contributed by atoms with Crippen molar-refractivity contribution in [1.29, 1.82) is 0 Å². The van der Waals surface area contributed by atoms with E-state index in [0.717, 1.165) is 24.4 Å². The highest BCUT2D eigenvalue weighted by atomic mass is 35.7. The highest BCUT2D eigenvalue weighted by molar-refractivity contribution is 7.52. The van der Waals surface area contributed by atoms with Gasteiger partial charge in [0.15, 0.2) is 6.71 Å². The van der Waals surface area contributed by atoms with E-state index in [1.807, 2.05) is 0 Å². The molecule has 0 aromatic carbocycles. The van der Waals surface area contributed by atoms with E-state index in [1.54, 1.807) is 10.3 Å². The Balaban J connectivity index is 2.02. The Morgan fingerprint density at radius 1 is 1.00 bits per heavy atom. The van der Waals surface area contributed by atoms with Crippen molar-refractivity contribution in [3.63, 3.8) is 0 Å². The molecule has 0 aliphatic carbocycles. The zero-order valence-electron chi connectivity index (χ0n) is 13.1. The highest BCUT2D eigenvalue weighted by Crippen LogP contribution is 2.54. The Labute approximate surface area is 136 Å². The van der Waals surface area contributed by atoms with E-state index in [4.69, 9.17) is 22.2 Å². The summed E-state index contributed by atoms with van der Waals surface area (Å²) in [7, 11) is -1.38. The lowest BCUT2D eigenvalue weighted by molar-refractivity contribution is 0.445. The number of rotatable bonds is 2. The van der Waals surface area contributed by atoms with Crippen LogP contribution in [0.25, 0.3) is 0 Å². The first-order valence-corrected chi connectivity index (χ1v) is 16.2. The minimum Gasteiger partial charge on any atom is -0.141 e. The van der Waals surface area contributed by atoms with Gasteiger partial charge in [0.2, 0.25) is 0 Å². The van der Waals surface area contributed by atoms with Gasteiger partial charge in [0.25, 0.3) is 6.69 Å². The van der Waals surface area contributed by atoms with Crippen molar-refractivity contribution in [3.05, 3.63) is 10.3 Å². The highest BCUT2D eigenvalue weighted by Gasteiger charge is 2.51.